The van der Waals surface area contributed by atoms with E-state index in [1.807, 2.05) is 4.90 Å². The van der Waals surface area contributed by atoms with Crippen LogP contribution in [0.4, 0.5) is 23.8 Å². The Morgan fingerprint density at radius 2 is 1.90 bits per heavy atom. The molecule has 1 amide bonds. The van der Waals surface area contributed by atoms with Crippen LogP contribution in [0.15, 0.2) is 42.6 Å². The molecule has 1 saturated heterocycles. The first kappa shape index (κ1) is 22.7. The Kier molecular flexibility index (Phi) is 6.06. The number of nitrogens with one attached hydrogen (secondary N) is 1. The summed E-state index contributed by atoms with van der Waals surface area (Å²) in [7, 11) is 3.13. The van der Waals surface area contributed by atoms with Crippen LogP contribution in [-0.4, -0.2) is 61.2 Å². The molecule has 0 saturated carbocycles. The summed E-state index contributed by atoms with van der Waals surface area (Å²) in [6.07, 6.45) is -3.47. The lowest BCUT2D eigenvalue weighted by atomic mass is 9.97. The number of halogens is 3. The molecule has 2 aromatic rings. The number of nitrogens with zero attached hydrogens (tertiary/aromatic N) is 3. The Morgan fingerprint density at radius 3 is 2.39 bits per heavy atom. The van der Waals surface area contributed by atoms with E-state index in [-0.39, 0.29) is 19.5 Å². The molecule has 3 rings (SSSR count). The Bertz CT molecular complexity index is 950. The lowest BCUT2D eigenvalue weighted by Crippen LogP contribution is -2.80. The molecule has 2 heterocycles. The second-order valence-corrected chi connectivity index (χ2v) is 7.74. The van der Waals surface area contributed by atoms with Gasteiger partial charge < -0.3 is 19.6 Å². The second kappa shape index (κ2) is 8.27. The molecule has 0 bridgehead atoms. The van der Waals surface area contributed by atoms with Gasteiger partial charge in [-0.15, -0.1) is 0 Å². The van der Waals surface area contributed by atoms with Gasteiger partial charge in [0, 0.05) is 11.8 Å². The molecule has 1 fully saturated rings. The smallest absolute Gasteiger partial charge is 0.416 e. The van der Waals surface area contributed by atoms with E-state index in [1.54, 1.807) is 25.4 Å². The van der Waals surface area contributed by atoms with Crippen molar-refractivity contribution in [2.24, 2.45) is 0 Å². The van der Waals surface area contributed by atoms with E-state index in [1.165, 1.54) is 19.2 Å². The van der Waals surface area contributed by atoms with Crippen molar-refractivity contribution in [1.29, 1.82) is 0 Å². The number of carbonyl (C=O) groups is 2. The number of amides is 1. The van der Waals surface area contributed by atoms with Gasteiger partial charge in [0.25, 0.3) is 6.09 Å². The fourth-order valence-corrected chi connectivity index (χ4v) is 3.97. The average molecular weight is 436 g/mol. The first-order valence-corrected chi connectivity index (χ1v) is 9.65. The molecular weight excluding hydrogens is 413 g/mol. The third kappa shape index (κ3) is 4.13. The van der Waals surface area contributed by atoms with Crippen molar-refractivity contribution in [3.05, 3.63) is 48.2 Å². The summed E-state index contributed by atoms with van der Waals surface area (Å²) in [6, 6.07) is 8.29. The molecule has 0 radical (unpaired) electrons. The summed E-state index contributed by atoms with van der Waals surface area (Å²) in [5.74, 6) is 0.575. The monoisotopic (exact) mass is 436 g/mol. The normalized spacial score (nSPS) is 24.1. The van der Waals surface area contributed by atoms with Gasteiger partial charge in [0.05, 0.1) is 32.1 Å². The number of benzene rings is 1. The van der Waals surface area contributed by atoms with E-state index in [0.29, 0.717) is 29.8 Å². The summed E-state index contributed by atoms with van der Waals surface area (Å²) in [6.45, 7) is 0.776. The molecule has 2 unspecified atom stereocenters. The lowest BCUT2D eigenvalue weighted by molar-refractivity contribution is -0.912. The topological polar surface area (TPSA) is 85.4 Å². The van der Waals surface area contributed by atoms with Gasteiger partial charge in [-0.3, -0.25) is 9.80 Å². The van der Waals surface area contributed by atoms with Gasteiger partial charge in [0.1, 0.15) is 18.6 Å². The maximum atomic E-state index is 12.7. The van der Waals surface area contributed by atoms with Crippen LogP contribution in [0.1, 0.15) is 12.0 Å². The number of likely N-dealkylation sites (N-methyl/N-ethyl adjacent to an activating group) is 2. The fourth-order valence-electron chi connectivity index (χ4n) is 3.97. The molecule has 10 heteroatoms. The second-order valence-electron chi connectivity index (χ2n) is 7.74. The maximum Gasteiger partial charge on any atom is 0.416 e. The van der Waals surface area contributed by atoms with E-state index in [4.69, 9.17) is 0 Å². The summed E-state index contributed by atoms with van der Waals surface area (Å²) in [5.41, 5.74) is -0.566. The number of quaternary nitrogens is 1. The Morgan fingerprint density at radius 1 is 1.26 bits per heavy atom. The number of alkyl halides is 3. The van der Waals surface area contributed by atoms with Gasteiger partial charge in [-0.1, -0.05) is 12.1 Å². The van der Waals surface area contributed by atoms with Gasteiger partial charge >= 0.3 is 6.18 Å². The molecule has 1 aliphatic rings. The first-order valence-electron chi connectivity index (χ1n) is 9.65. The predicted molar refractivity (Wildman–Crippen MR) is 106 cm³/mol. The minimum Gasteiger partial charge on any atom is -0.498 e. The van der Waals surface area contributed by atoms with Crippen molar-refractivity contribution in [3.8, 4) is 11.1 Å². The molecule has 0 aliphatic carbocycles. The minimum atomic E-state index is -4.39. The van der Waals surface area contributed by atoms with Gasteiger partial charge in [0.15, 0.2) is 5.66 Å². The van der Waals surface area contributed by atoms with Crippen LogP contribution >= 0.6 is 0 Å². The Balaban J connectivity index is 1.84. The standard InChI is InChI=1S/C21H23F3N4O3/c1-25-20(9-12-29)14-27(10-11-28(20,2)19(30)31)18-8-5-16(13-26-18)15-3-6-17(7-4-15)21(22,23)24/h3-8,12-13,25H,9-11,14H2,1-2H3. The number of pyridine rings is 1. The largest absolute Gasteiger partial charge is 0.498 e. The Hall–Kier alpha value is -2.98. The fraction of sp³-hybridized carbons (Fsp3) is 0.381. The van der Waals surface area contributed by atoms with Crippen molar-refractivity contribution >= 4 is 18.2 Å². The first-order chi connectivity index (χ1) is 14.6. The molecule has 166 valence electrons. The van der Waals surface area contributed by atoms with Crippen LogP contribution in [0.25, 0.3) is 11.1 Å². The Labute approximate surface area is 177 Å². The predicted octanol–water partition coefficient (Wildman–Crippen LogP) is 1.88. The number of rotatable bonds is 5. The van der Waals surface area contributed by atoms with Crippen LogP contribution in [0.5, 0.6) is 0 Å². The zero-order valence-corrected chi connectivity index (χ0v) is 17.1. The van der Waals surface area contributed by atoms with Gasteiger partial charge in [-0.05, 0) is 36.9 Å². The van der Waals surface area contributed by atoms with E-state index < -0.39 is 28.0 Å². The summed E-state index contributed by atoms with van der Waals surface area (Å²) in [5, 5.41) is 14.9. The molecule has 1 aromatic carbocycles. The van der Waals surface area contributed by atoms with Crippen molar-refractivity contribution < 1.29 is 32.3 Å². The van der Waals surface area contributed by atoms with E-state index in [2.05, 4.69) is 10.3 Å². The molecular formula is C21H23F3N4O3. The number of aldehydes is 1. The van der Waals surface area contributed by atoms with Crippen molar-refractivity contribution in [1.82, 2.24) is 10.3 Å². The molecule has 31 heavy (non-hydrogen) atoms. The van der Waals surface area contributed by atoms with Crippen molar-refractivity contribution in [2.75, 3.05) is 38.6 Å². The zero-order valence-electron chi connectivity index (χ0n) is 17.1. The highest BCUT2D eigenvalue weighted by molar-refractivity contribution is 5.64. The van der Waals surface area contributed by atoms with Crippen LogP contribution < -0.4 is 15.3 Å². The highest BCUT2D eigenvalue weighted by Gasteiger charge is 2.53. The lowest BCUT2D eigenvalue weighted by Gasteiger charge is -2.55. The van der Waals surface area contributed by atoms with E-state index in [0.717, 1.165) is 12.1 Å². The van der Waals surface area contributed by atoms with Gasteiger partial charge in [-0.25, -0.2) is 4.98 Å². The molecule has 7 nitrogen and oxygen atoms in total. The van der Waals surface area contributed by atoms with Gasteiger partial charge in [0.2, 0.25) is 0 Å². The van der Waals surface area contributed by atoms with Crippen LogP contribution in [0.3, 0.4) is 0 Å². The molecule has 2 atom stereocenters. The number of carboxylic acid groups (broad SMARTS) is 1. The highest BCUT2D eigenvalue weighted by Crippen LogP contribution is 2.33. The van der Waals surface area contributed by atoms with Crippen LogP contribution in [-0.2, 0) is 11.0 Å². The number of carbonyl (C=O) groups excluding carboxylic acids is 2. The average Bonchev–Trinajstić information content (AvgIpc) is 2.75. The molecule has 1 N–H and O–H groups in total. The molecule has 1 aromatic heterocycles. The van der Waals surface area contributed by atoms with Crippen LogP contribution in [0.2, 0.25) is 0 Å². The van der Waals surface area contributed by atoms with Gasteiger partial charge in [-0.2, -0.15) is 13.2 Å². The van der Waals surface area contributed by atoms with Crippen molar-refractivity contribution in [3.63, 3.8) is 0 Å². The summed E-state index contributed by atoms with van der Waals surface area (Å²) in [4.78, 5) is 29.5. The van der Waals surface area contributed by atoms with Crippen molar-refractivity contribution in [2.45, 2.75) is 18.3 Å². The summed E-state index contributed by atoms with van der Waals surface area (Å²) < 4.78 is 37.8. The highest BCUT2D eigenvalue weighted by atomic mass is 19.4. The molecule has 1 aliphatic heterocycles. The number of anilines is 1. The number of aromatic nitrogens is 1. The number of hydrogen-bond donors (Lipinski definition) is 1. The third-order valence-corrected chi connectivity index (χ3v) is 6.12. The number of piperazine rings is 1. The maximum absolute atomic E-state index is 12.7. The number of hydrogen-bond acceptors (Lipinski definition) is 6. The zero-order chi connectivity index (χ0) is 22.9. The summed E-state index contributed by atoms with van der Waals surface area (Å²) >= 11 is 0. The quantitative estimate of drug-likeness (QED) is 0.569. The SMILES string of the molecule is CNC1(CC=O)CN(c2ccc(-c3ccc(C(F)(F)F)cc3)cn2)CC[N+]1(C)C(=O)[O-]. The van der Waals surface area contributed by atoms with Crippen LogP contribution in [0, 0.1) is 0 Å². The van der Waals surface area contributed by atoms with E-state index in [9.17, 15) is 27.9 Å². The molecule has 0 spiro atoms. The third-order valence-electron chi connectivity index (χ3n) is 6.12. The van der Waals surface area contributed by atoms with E-state index >= 15 is 0 Å². The minimum absolute atomic E-state index is 0.0336.